The van der Waals surface area contributed by atoms with Gasteiger partial charge in [0, 0.05) is 30.9 Å². The average Bonchev–Trinajstić information content (AvgIpc) is 3.40. The summed E-state index contributed by atoms with van der Waals surface area (Å²) < 4.78 is 5.42. The molecule has 1 N–H and O–H groups in total. The highest BCUT2D eigenvalue weighted by Crippen LogP contribution is 2.23. The molecule has 1 amide bonds. The number of nitrogens with zero attached hydrogens (tertiary/aromatic N) is 3. The predicted octanol–water partition coefficient (Wildman–Crippen LogP) is 4.41. The standard InChI is InChI=1S/C23H24N4O2/c1-3-18(16-9-5-4-6-10-16)23(28)27(2)14-13-21-25-22(29-26-21)20-15-17-11-7-8-12-19(17)24-20/h4-12,15,18,24H,3,13-14H2,1-2H3/t18-/m0/s1. The van der Waals surface area contributed by atoms with Crippen molar-refractivity contribution >= 4 is 16.8 Å². The second kappa shape index (κ2) is 8.31. The first-order valence-electron chi connectivity index (χ1n) is 9.86. The first-order valence-corrected chi connectivity index (χ1v) is 9.86. The Labute approximate surface area is 169 Å². The molecule has 2 heterocycles. The van der Waals surface area contributed by atoms with E-state index in [2.05, 4.69) is 15.1 Å². The monoisotopic (exact) mass is 388 g/mol. The topological polar surface area (TPSA) is 75.0 Å². The van der Waals surface area contributed by atoms with E-state index in [4.69, 9.17) is 4.52 Å². The lowest BCUT2D eigenvalue weighted by Crippen LogP contribution is -2.33. The van der Waals surface area contributed by atoms with Crippen molar-refractivity contribution in [1.29, 1.82) is 0 Å². The van der Waals surface area contributed by atoms with E-state index in [1.165, 1.54) is 0 Å². The summed E-state index contributed by atoms with van der Waals surface area (Å²) in [4.78, 5) is 22.4. The first-order chi connectivity index (χ1) is 14.2. The molecule has 148 valence electrons. The molecule has 2 aromatic heterocycles. The lowest BCUT2D eigenvalue weighted by Gasteiger charge is -2.23. The summed E-state index contributed by atoms with van der Waals surface area (Å²) in [6.07, 6.45) is 1.30. The maximum atomic E-state index is 12.9. The molecular formula is C23H24N4O2. The molecule has 6 heteroatoms. The molecule has 29 heavy (non-hydrogen) atoms. The van der Waals surface area contributed by atoms with Crippen molar-refractivity contribution in [3.63, 3.8) is 0 Å². The quantitative estimate of drug-likeness (QED) is 0.509. The molecule has 0 saturated carbocycles. The van der Waals surface area contributed by atoms with Gasteiger partial charge in [0.15, 0.2) is 5.82 Å². The summed E-state index contributed by atoms with van der Waals surface area (Å²) in [5, 5.41) is 5.17. The molecule has 0 fully saturated rings. The van der Waals surface area contributed by atoms with Crippen LogP contribution in [-0.2, 0) is 11.2 Å². The van der Waals surface area contributed by atoms with Crippen molar-refractivity contribution < 1.29 is 9.32 Å². The lowest BCUT2D eigenvalue weighted by atomic mass is 9.95. The van der Waals surface area contributed by atoms with Gasteiger partial charge >= 0.3 is 0 Å². The number of carbonyl (C=O) groups excluding carboxylic acids is 1. The van der Waals surface area contributed by atoms with Gasteiger partial charge in [-0.3, -0.25) is 4.79 Å². The van der Waals surface area contributed by atoms with E-state index in [0.29, 0.717) is 24.7 Å². The van der Waals surface area contributed by atoms with E-state index in [1.807, 2.05) is 74.6 Å². The Bertz CT molecular complexity index is 1070. The fourth-order valence-electron chi connectivity index (χ4n) is 3.54. The van der Waals surface area contributed by atoms with Crippen LogP contribution in [0.3, 0.4) is 0 Å². The van der Waals surface area contributed by atoms with E-state index in [0.717, 1.165) is 28.6 Å². The first kappa shape index (κ1) is 18.9. The van der Waals surface area contributed by atoms with Gasteiger partial charge in [-0.2, -0.15) is 4.98 Å². The summed E-state index contributed by atoms with van der Waals surface area (Å²) in [6.45, 7) is 2.57. The highest BCUT2D eigenvalue weighted by molar-refractivity contribution is 5.84. The van der Waals surface area contributed by atoms with Crippen molar-refractivity contribution in [2.24, 2.45) is 0 Å². The number of likely N-dealkylation sites (N-methyl/N-ethyl adjacent to an activating group) is 1. The maximum absolute atomic E-state index is 12.9. The van der Waals surface area contributed by atoms with Crippen molar-refractivity contribution in [3.8, 4) is 11.6 Å². The molecule has 0 aliphatic heterocycles. The molecule has 0 unspecified atom stereocenters. The predicted molar refractivity (Wildman–Crippen MR) is 112 cm³/mol. The third kappa shape index (κ3) is 4.06. The highest BCUT2D eigenvalue weighted by Gasteiger charge is 2.22. The lowest BCUT2D eigenvalue weighted by molar-refractivity contribution is -0.131. The number of benzene rings is 2. The van der Waals surface area contributed by atoms with Crippen molar-refractivity contribution in [2.75, 3.05) is 13.6 Å². The minimum Gasteiger partial charge on any atom is -0.351 e. The van der Waals surface area contributed by atoms with Crippen LogP contribution in [0.5, 0.6) is 0 Å². The number of hydrogen-bond acceptors (Lipinski definition) is 4. The molecule has 2 aromatic carbocycles. The zero-order chi connectivity index (χ0) is 20.2. The molecular weight excluding hydrogens is 364 g/mol. The molecule has 0 saturated heterocycles. The maximum Gasteiger partial charge on any atom is 0.274 e. The number of H-pyrrole nitrogens is 1. The normalized spacial score (nSPS) is 12.2. The van der Waals surface area contributed by atoms with Crippen molar-refractivity contribution in [2.45, 2.75) is 25.7 Å². The minimum atomic E-state index is -0.131. The molecule has 0 spiro atoms. The van der Waals surface area contributed by atoms with E-state index in [9.17, 15) is 4.79 Å². The molecule has 6 nitrogen and oxygen atoms in total. The molecule has 4 aromatic rings. The summed E-state index contributed by atoms with van der Waals surface area (Å²) in [6, 6.07) is 19.9. The number of para-hydroxylation sites is 1. The second-order valence-electron chi connectivity index (χ2n) is 7.17. The molecule has 0 aliphatic rings. The zero-order valence-corrected chi connectivity index (χ0v) is 16.6. The number of rotatable bonds is 7. The van der Waals surface area contributed by atoms with Crippen LogP contribution in [0.15, 0.2) is 65.2 Å². The van der Waals surface area contributed by atoms with Gasteiger partial charge in [0.25, 0.3) is 5.89 Å². The van der Waals surface area contributed by atoms with Crippen LogP contribution in [0.4, 0.5) is 0 Å². The van der Waals surface area contributed by atoms with Gasteiger partial charge < -0.3 is 14.4 Å². The van der Waals surface area contributed by atoms with Gasteiger partial charge in [0.2, 0.25) is 5.91 Å². The van der Waals surface area contributed by atoms with E-state index in [1.54, 1.807) is 4.90 Å². The summed E-state index contributed by atoms with van der Waals surface area (Å²) >= 11 is 0. The third-order valence-corrected chi connectivity index (χ3v) is 5.18. The molecule has 4 rings (SSSR count). The highest BCUT2D eigenvalue weighted by atomic mass is 16.5. The summed E-state index contributed by atoms with van der Waals surface area (Å²) in [5.74, 6) is 1.03. The van der Waals surface area contributed by atoms with Crippen LogP contribution in [0, 0.1) is 0 Å². The zero-order valence-electron chi connectivity index (χ0n) is 16.6. The van der Waals surface area contributed by atoms with E-state index in [-0.39, 0.29) is 11.8 Å². The SMILES string of the molecule is CC[C@H](C(=O)N(C)CCc1noc(-c2cc3ccccc3[nH]2)n1)c1ccccc1. The number of hydrogen-bond donors (Lipinski definition) is 1. The van der Waals surface area contributed by atoms with Crippen molar-refractivity contribution in [3.05, 3.63) is 72.1 Å². The number of nitrogens with one attached hydrogen (secondary N) is 1. The molecule has 0 bridgehead atoms. The van der Waals surface area contributed by atoms with Gasteiger partial charge in [-0.15, -0.1) is 0 Å². The van der Waals surface area contributed by atoms with Crippen LogP contribution in [0.25, 0.3) is 22.5 Å². The molecule has 1 atom stereocenters. The van der Waals surface area contributed by atoms with Gasteiger partial charge in [0.1, 0.15) is 5.69 Å². The van der Waals surface area contributed by atoms with Gasteiger partial charge in [-0.1, -0.05) is 60.6 Å². The third-order valence-electron chi connectivity index (χ3n) is 5.18. The van der Waals surface area contributed by atoms with Crippen LogP contribution in [0.1, 0.15) is 30.7 Å². The Morgan fingerprint density at radius 1 is 1.14 bits per heavy atom. The Hall–Kier alpha value is -3.41. The minimum absolute atomic E-state index is 0.109. The Kier molecular flexibility index (Phi) is 5.42. The Balaban J connectivity index is 1.40. The van der Waals surface area contributed by atoms with Gasteiger partial charge in [-0.05, 0) is 24.1 Å². The smallest absolute Gasteiger partial charge is 0.274 e. The van der Waals surface area contributed by atoms with Gasteiger partial charge in [-0.25, -0.2) is 0 Å². The summed E-state index contributed by atoms with van der Waals surface area (Å²) in [7, 11) is 1.83. The number of amides is 1. The number of carbonyl (C=O) groups is 1. The summed E-state index contributed by atoms with van der Waals surface area (Å²) in [5.41, 5.74) is 2.87. The van der Waals surface area contributed by atoms with Crippen LogP contribution in [0.2, 0.25) is 0 Å². The Morgan fingerprint density at radius 2 is 1.90 bits per heavy atom. The molecule has 0 radical (unpaired) electrons. The fraction of sp³-hybridized carbons (Fsp3) is 0.261. The van der Waals surface area contributed by atoms with E-state index < -0.39 is 0 Å². The van der Waals surface area contributed by atoms with Crippen molar-refractivity contribution in [1.82, 2.24) is 20.0 Å². The number of aromatic nitrogens is 3. The second-order valence-corrected chi connectivity index (χ2v) is 7.17. The Morgan fingerprint density at radius 3 is 2.66 bits per heavy atom. The van der Waals surface area contributed by atoms with Crippen LogP contribution >= 0.6 is 0 Å². The van der Waals surface area contributed by atoms with Crippen LogP contribution in [-0.4, -0.2) is 39.5 Å². The van der Waals surface area contributed by atoms with E-state index >= 15 is 0 Å². The van der Waals surface area contributed by atoms with Gasteiger partial charge in [0.05, 0.1) is 5.92 Å². The fourth-order valence-corrected chi connectivity index (χ4v) is 3.54. The molecule has 0 aliphatic carbocycles. The number of aromatic amines is 1. The average molecular weight is 388 g/mol. The largest absolute Gasteiger partial charge is 0.351 e. The number of fused-ring (bicyclic) bond motifs is 1. The van der Waals surface area contributed by atoms with Crippen LogP contribution < -0.4 is 0 Å².